The van der Waals surface area contributed by atoms with E-state index in [1.165, 1.54) is 43.6 Å². The molecule has 1 saturated carbocycles. The Morgan fingerprint density at radius 3 is 1.72 bits per heavy atom. The van der Waals surface area contributed by atoms with E-state index in [9.17, 15) is 0 Å². The van der Waals surface area contributed by atoms with Crippen molar-refractivity contribution < 1.29 is 0 Å². The Morgan fingerprint density at radius 1 is 0.760 bits per heavy atom. The summed E-state index contributed by atoms with van der Waals surface area (Å²) >= 11 is 4.92. The lowest BCUT2D eigenvalue weighted by molar-refractivity contribution is 0.541. The van der Waals surface area contributed by atoms with E-state index in [0.717, 1.165) is 11.2 Å². The fourth-order valence-corrected chi connectivity index (χ4v) is 117. The number of hydrogen-bond donors (Lipinski definition) is 0. The van der Waals surface area contributed by atoms with Crippen LogP contribution in [-0.4, -0.2) is 45.3 Å². The van der Waals surface area contributed by atoms with Gasteiger partial charge in [-0.05, 0) is 36.7 Å². The molecule has 0 aliphatic heterocycles. The second-order valence-corrected chi connectivity index (χ2v) is 58.8. The third-order valence-electron chi connectivity index (χ3n) is 6.22. The molecule has 0 aromatic rings. The molecular formula is C19H46S2Si4. The Kier molecular flexibility index (Phi) is 9.23. The molecule has 0 bridgehead atoms. The van der Waals surface area contributed by atoms with Crippen molar-refractivity contribution >= 4 is 51.5 Å². The SMILES string of the molecule is CC[C@@H]1CCCC1SCCCS[Si]([Si](C)(C)C)([Si](C)(C)C)[Si](C)(C)C. The fourth-order valence-electron chi connectivity index (χ4n) is 6.23. The minimum Gasteiger partial charge on any atom is -0.194 e. The molecule has 1 aliphatic rings. The largest absolute Gasteiger partial charge is 0.194 e. The van der Waals surface area contributed by atoms with Gasteiger partial charge in [-0.15, -0.1) is 0 Å². The Bertz CT molecular complexity index is 371. The molecule has 6 heteroatoms. The zero-order valence-corrected chi connectivity index (χ0v) is 24.6. The van der Waals surface area contributed by atoms with Crippen LogP contribution in [0.15, 0.2) is 0 Å². The van der Waals surface area contributed by atoms with Gasteiger partial charge in [-0.3, -0.25) is 0 Å². The average Bonchev–Trinajstić information content (AvgIpc) is 2.85. The summed E-state index contributed by atoms with van der Waals surface area (Å²) in [6.07, 6.45) is 7.34. The van der Waals surface area contributed by atoms with Crippen LogP contribution in [0.1, 0.15) is 39.0 Å². The molecule has 1 rings (SSSR count). The molecule has 2 atom stereocenters. The van der Waals surface area contributed by atoms with Crippen LogP contribution in [-0.2, 0) is 0 Å². The van der Waals surface area contributed by atoms with Crippen LogP contribution in [0.2, 0.25) is 58.9 Å². The highest BCUT2D eigenvalue weighted by Crippen LogP contribution is 2.45. The molecule has 0 spiro atoms. The third kappa shape index (κ3) is 5.78. The van der Waals surface area contributed by atoms with Crippen molar-refractivity contribution in [3.8, 4) is 0 Å². The summed E-state index contributed by atoms with van der Waals surface area (Å²) in [6, 6.07) is 0. The van der Waals surface area contributed by atoms with Gasteiger partial charge >= 0.3 is 0 Å². The standard InChI is InChI=1S/C19H46S2Si4/c1-11-18-14-12-15-19(18)20-16-13-17-21-25(22(2,3)4,23(5,6)7)24(8,9)10/h18-19H,11-17H2,1-10H3/t18-,19?/m1/s1. The van der Waals surface area contributed by atoms with Crippen LogP contribution < -0.4 is 0 Å². The summed E-state index contributed by atoms with van der Waals surface area (Å²) in [4.78, 5) is 0. The highest BCUT2D eigenvalue weighted by molar-refractivity contribution is 8.50. The van der Waals surface area contributed by atoms with Crippen molar-refractivity contribution in [3.05, 3.63) is 0 Å². The maximum Gasteiger partial charge on any atom is 0.0946 e. The van der Waals surface area contributed by atoms with E-state index in [0.29, 0.717) is 0 Å². The minimum absolute atomic E-state index is 0.989. The predicted octanol–water partition coefficient (Wildman–Crippen LogP) is 7.62. The van der Waals surface area contributed by atoms with Crippen LogP contribution in [0.25, 0.3) is 0 Å². The third-order valence-corrected chi connectivity index (χ3v) is 96.9. The van der Waals surface area contributed by atoms with Crippen molar-refractivity contribution in [1.29, 1.82) is 0 Å². The van der Waals surface area contributed by atoms with Gasteiger partial charge in [0.1, 0.15) is 0 Å². The summed E-state index contributed by atoms with van der Waals surface area (Å²) in [5, 5.41) is 0.989. The van der Waals surface area contributed by atoms with Gasteiger partial charge in [0.25, 0.3) is 0 Å². The van der Waals surface area contributed by atoms with E-state index in [-0.39, 0.29) is 0 Å². The van der Waals surface area contributed by atoms with Gasteiger partial charge < -0.3 is 0 Å². The molecule has 1 fully saturated rings. The van der Waals surface area contributed by atoms with E-state index in [2.05, 4.69) is 88.8 Å². The molecule has 0 aromatic carbocycles. The smallest absolute Gasteiger partial charge is 0.0946 e. The quantitative estimate of drug-likeness (QED) is 0.248. The molecule has 150 valence electrons. The Morgan fingerprint density at radius 2 is 1.28 bits per heavy atom. The molecule has 25 heavy (non-hydrogen) atoms. The zero-order valence-electron chi connectivity index (χ0n) is 18.9. The molecule has 0 heterocycles. The molecular weight excluding hydrogens is 405 g/mol. The molecule has 0 aromatic heterocycles. The fraction of sp³-hybridized carbons (Fsp3) is 1.00. The summed E-state index contributed by atoms with van der Waals surface area (Å²) in [5.74, 6) is 2.73. The second kappa shape index (κ2) is 9.38. The number of rotatable bonds is 10. The Hall–Kier alpha value is 1.57. The number of hydrogen-bond acceptors (Lipinski definition) is 2. The molecule has 0 nitrogen and oxygen atoms in total. The van der Waals surface area contributed by atoms with Crippen molar-refractivity contribution in [2.24, 2.45) is 5.92 Å². The lowest BCUT2D eigenvalue weighted by Gasteiger charge is -2.56. The highest BCUT2D eigenvalue weighted by atomic mass is 32.4. The van der Waals surface area contributed by atoms with Crippen molar-refractivity contribution in [1.82, 2.24) is 0 Å². The van der Waals surface area contributed by atoms with E-state index in [1.807, 2.05) is 0 Å². The van der Waals surface area contributed by atoms with Gasteiger partial charge in [0.15, 0.2) is 0 Å². The minimum atomic E-state index is -1.18. The zero-order chi connectivity index (χ0) is 19.5. The van der Waals surface area contributed by atoms with E-state index in [1.54, 1.807) is 0 Å². The van der Waals surface area contributed by atoms with Gasteiger partial charge in [0, 0.05) is 28.0 Å². The molecule has 0 saturated heterocycles. The molecule has 1 aliphatic carbocycles. The topological polar surface area (TPSA) is 0 Å². The summed E-state index contributed by atoms with van der Waals surface area (Å²) in [6.45, 7) is 26.9. The van der Waals surface area contributed by atoms with Gasteiger partial charge in [0.2, 0.25) is 0 Å². The van der Waals surface area contributed by atoms with Crippen LogP contribution in [0.3, 0.4) is 0 Å². The van der Waals surface area contributed by atoms with Crippen molar-refractivity contribution in [2.75, 3.05) is 11.5 Å². The summed E-state index contributed by atoms with van der Waals surface area (Å²) < 4.78 is 0. The van der Waals surface area contributed by atoms with Gasteiger partial charge in [-0.1, -0.05) is 78.7 Å². The van der Waals surface area contributed by atoms with E-state index < -0.39 is 28.6 Å². The lowest BCUT2D eigenvalue weighted by Crippen LogP contribution is -2.81. The first kappa shape index (κ1) is 24.6. The van der Waals surface area contributed by atoms with Crippen molar-refractivity contribution in [2.45, 2.75) is 103 Å². The van der Waals surface area contributed by atoms with Crippen LogP contribution in [0, 0.1) is 5.92 Å². The second-order valence-electron chi connectivity index (χ2n) is 11.1. The van der Waals surface area contributed by atoms with Gasteiger partial charge in [-0.2, -0.15) is 23.0 Å². The molecule has 1 unspecified atom stereocenters. The van der Waals surface area contributed by atoms with Gasteiger partial charge in [-0.25, -0.2) is 0 Å². The summed E-state index contributed by atoms with van der Waals surface area (Å²) in [5.41, 5.74) is 0. The van der Waals surface area contributed by atoms with E-state index in [4.69, 9.17) is 0 Å². The monoisotopic (exact) mass is 450 g/mol. The number of thioether (sulfide) groups is 1. The first-order valence-corrected chi connectivity index (χ1v) is 28.8. The highest BCUT2D eigenvalue weighted by Gasteiger charge is 2.61. The molecule has 0 radical (unpaired) electrons. The average molecular weight is 451 g/mol. The Balaban J connectivity index is 2.68. The summed E-state index contributed by atoms with van der Waals surface area (Å²) in [7, 11) is -3.28. The lowest BCUT2D eigenvalue weighted by atomic mass is 10.1. The van der Waals surface area contributed by atoms with E-state index >= 15 is 0 Å². The first-order chi connectivity index (χ1) is 11.3. The predicted molar refractivity (Wildman–Crippen MR) is 137 cm³/mol. The van der Waals surface area contributed by atoms with Crippen LogP contribution >= 0.6 is 23.0 Å². The Labute approximate surface area is 171 Å². The molecule has 0 amide bonds. The van der Waals surface area contributed by atoms with Crippen LogP contribution in [0.5, 0.6) is 0 Å². The van der Waals surface area contributed by atoms with Gasteiger partial charge in [0.05, 0.1) is 5.78 Å². The van der Waals surface area contributed by atoms with Crippen LogP contribution in [0.4, 0.5) is 0 Å². The first-order valence-electron chi connectivity index (χ1n) is 10.5. The normalized spacial score (nSPS) is 23.3. The van der Waals surface area contributed by atoms with Crippen molar-refractivity contribution in [3.63, 3.8) is 0 Å². The maximum atomic E-state index is 2.72. The maximum absolute atomic E-state index is 2.72. The molecule has 0 N–H and O–H groups in total.